The normalized spacial score (nSPS) is 12.6. The van der Waals surface area contributed by atoms with Crippen molar-refractivity contribution in [2.24, 2.45) is 0 Å². The van der Waals surface area contributed by atoms with E-state index in [0.717, 1.165) is 22.5 Å². The van der Waals surface area contributed by atoms with Gasteiger partial charge in [0.1, 0.15) is 0 Å². The Balaban J connectivity index is 2.20. The number of benzene rings is 1. The first-order valence-corrected chi connectivity index (χ1v) is 7.96. The molecular weight excluding hydrogens is 330 g/mol. The highest BCUT2D eigenvalue weighted by atomic mass is 79.9. The highest BCUT2D eigenvalue weighted by Gasteiger charge is 2.13. The molecule has 0 aliphatic rings. The third-order valence-corrected chi connectivity index (χ3v) is 4.91. The van der Waals surface area contributed by atoms with E-state index in [0.29, 0.717) is 6.04 Å². The van der Waals surface area contributed by atoms with E-state index in [9.17, 15) is 0 Å². The Hall–Kier alpha value is -0.350. The summed E-state index contributed by atoms with van der Waals surface area (Å²) >= 11 is 11.4. The molecule has 0 amide bonds. The van der Waals surface area contributed by atoms with Gasteiger partial charge in [-0.15, -0.1) is 11.3 Å². The Morgan fingerprint density at radius 3 is 2.83 bits per heavy atom. The highest BCUT2D eigenvalue weighted by molar-refractivity contribution is 9.10. The van der Waals surface area contributed by atoms with Gasteiger partial charge in [-0.3, -0.25) is 0 Å². The molecule has 1 aromatic carbocycles. The van der Waals surface area contributed by atoms with Gasteiger partial charge in [0.05, 0.1) is 5.02 Å². The van der Waals surface area contributed by atoms with E-state index in [-0.39, 0.29) is 0 Å². The highest BCUT2D eigenvalue weighted by Crippen LogP contribution is 2.28. The predicted octanol–water partition coefficient (Wildman–Crippen LogP) is 5.06. The van der Waals surface area contributed by atoms with Crippen LogP contribution in [0.15, 0.2) is 40.2 Å². The molecule has 96 valence electrons. The summed E-state index contributed by atoms with van der Waals surface area (Å²) in [5.41, 5.74) is 1.23. The zero-order valence-corrected chi connectivity index (χ0v) is 13.3. The Bertz CT molecular complexity index is 499. The lowest BCUT2D eigenvalue weighted by Crippen LogP contribution is -2.22. The summed E-state index contributed by atoms with van der Waals surface area (Å²) in [5.74, 6) is 0. The summed E-state index contributed by atoms with van der Waals surface area (Å²) in [6.45, 7) is 3.08. The van der Waals surface area contributed by atoms with Crippen LogP contribution in [-0.2, 0) is 6.42 Å². The lowest BCUT2D eigenvalue weighted by atomic mass is 10.0. The van der Waals surface area contributed by atoms with Crippen LogP contribution in [0.25, 0.3) is 0 Å². The number of thiophene rings is 1. The first-order chi connectivity index (χ1) is 8.70. The third-order valence-electron chi connectivity index (χ3n) is 2.78. The Morgan fingerprint density at radius 1 is 1.39 bits per heavy atom. The van der Waals surface area contributed by atoms with Crippen LogP contribution in [0.2, 0.25) is 5.02 Å². The first kappa shape index (κ1) is 14.1. The summed E-state index contributed by atoms with van der Waals surface area (Å²) in [7, 11) is 0. The second kappa shape index (κ2) is 6.71. The molecule has 2 aromatic rings. The van der Waals surface area contributed by atoms with Gasteiger partial charge in [-0.1, -0.05) is 30.7 Å². The second-order valence-electron chi connectivity index (χ2n) is 4.07. The van der Waals surface area contributed by atoms with E-state index < -0.39 is 0 Å². The van der Waals surface area contributed by atoms with Crippen LogP contribution in [-0.4, -0.2) is 6.54 Å². The van der Waals surface area contributed by atoms with Crippen LogP contribution in [0.4, 0.5) is 0 Å². The summed E-state index contributed by atoms with van der Waals surface area (Å²) < 4.78 is 0.944. The van der Waals surface area contributed by atoms with Gasteiger partial charge in [0.2, 0.25) is 0 Å². The molecule has 1 N–H and O–H groups in total. The van der Waals surface area contributed by atoms with E-state index in [1.807, 2.05) is 12.1 Å². The zero-order valence-electron chi connectivity index (χ0n) is 10.1. The van der Waals surface area contributed by atoms with Gasteiger partial charge in [-0.2, -0.15) is 0 Å². The molecule has 0 saturated heterocycles. The SMILES string of the molecule is CCNC(Cc1cccs1)c1ccc(Br)c(Cl)c1. The number of rotatable bonds is 5. The van der Waals surface area contributed by atoms with Gasteiger partial charge in [0.25, 0.3) is 0 Å². The van der Waals surface area contributed by atoms with Gasteiger partial charge in [0, 0.05) is 21.8 Å². The smallest absolute Gasteiger partial charge is 0.0551 e. The summed E-state index contributed by atoms with van der Waals surface area (Å²) in [5, 5.41) is 6.40. The van der Waals surface area contributed by atoms with Gasteiger partial charge >= 0.3 is 0 Å². The quantitative estimate of drug-likeness (QED) is 0.799. The van der Waals surface area contributed by atoms with Crippen molar-refractivity contribution in [3.05, 3.63) is 55.6 Å². The van der Waals surface area contributed by atoms with Crippen LogP contribution in [0.5, 0.6) is 0 Å². The number of halogens is 2. The standard InChI is InChI=1S/C14H15BrClNS/c1-2-17-14(9-11-4-3-7-18-11)10-5-6-12(15)13(16)8-10/h3-8,14,17H,2,9H2,1H3. The predicted molar refractivity (Wildman–Crippen MR) is 83.6 cm³/mol. The lowest BCUT2D eigenvalue weighted by molar-refractivity contribution is 0.553. The van der Waals surface area contributed by atoms with E-state index >= 15 is 0 Å². The molecule has 1 unspecified atom stereocenters. The number of hydrogen-bond donors (Lipinski definition) is 1. The second-order valence-corrected chi connectivity index (χ2v) is 6.36. The molecule has 1 atom stereocenters. The monoisotopic (exact) mass is 343 g/mol. The Kier molecular flexibility index (Phi) is 5.25. The molecule has 0 radical (unpaired) electrons. The molecule has 1 nitrogen and oxygen atoms in total. The van der Waals surface area contributed by atoms with Crippen LogP contribution in [0.1, 0.15) is 23.4 Å². The molecule has 0 aliphatic carbocycles. The fourth-order valence-corrected chi connectivity index (χ4v) is 3.10. The van der Waals surface area contributed by atoms with Crippen LogP contribution < -0.4 is 5.32 Å². The van der Waals surface area contributed by atoms with Gasteiger partial charge < -0.3 is 5.32 Å². The van der Waals surface area contributed by atoms with Crippen molar-refractivity contribution < 1.29 is 0 Å². The van der Waals surface area contributed by atoms with Crippen LogP contribution in [0, 0.1) is 0 Å². The van der Waals surface area contributed by atoms with Crippen molar-refractivity contribution in [3.8, 4) is 0 Å². The Morgan fingerprint density at radius 2 is 2.22 bits per heavy atom. The molecule has 0 saturated carbocycles. The van der Waals surface area contributed by atoms with Crippen molar-refractivity contribution >= 4 is 38.9 Å². The summed E-state index contributed by atoms with van der Waals surface area (Å²) in [6.07, 6.45) is 1.00. The average molecular weight is 345 g/mol. The first-order valence-electron chi connectivity index (χ1n) is 5.91. The van der Waals surface area contributed by atoms with Crippen molar-refractivity contribution in [2.75, 3.05) is 6.54 Å². The zero-order chi connectivity index (χ0) is 13.0. The average Bonchev–Trinajstić information content (AvgIpc) is 2.85. The van der Waals surface area contributed by atoms with Gasteiger partial charge in [-0.05, 0) is 51.6 Å². The molecule has 18 heavy (non-hydrogen) atoms. The summed E-state index contributed by atoms with van der Waals surface area (Å²) in [6, 6.07) is 10.8. The van der Waals surface area contributed by atoms with Crippen molar-refractivity contribution in [1.29, 1.82) is 0 Å². The minimum absolute atomic E-state index is 0.319. The molecule has 0 aliphatic heterocycles. The van der Waals surface area contributed by atoms with Gasteiger partial charge in [0.15, 0.2) is 0 Å². The molecule has 1 aromatic heterocycles. The van der Waals surface area contributed by atoms with Crippen LogP contribution in [0.3, 0.4) is 0 Å². The van der Waals surface area contributed by atoms with Crippen molar-refractivity contribution in [3.63, 3.8) is 0 Å². The summed E-state index contributed by atoms with van der Waals surface area (Å²) in [4.78, 5) is 1.39. The minimum atomic E-state index is 0.319. The van der Waals surface area contributed by atoms with E-state index in [4.69, 9.17) is 11.6 Å². The number of hydrogen-bond acceptors (Lipinski definition) is 2. The maximum absolute atomic E-state index is 6.17. The van der Waals surface area contributed by atoms with E-state index in [2.05, 4.69) is 51.7 Å². The fourth-order valence-electron chi connectivity index (χ4n) is 1.91. The molecular formula is C14H15BrClNS. The van der Waals surface area contributed by atoms with E-state index in [1.54, 1.807) is 11.3 Å². The lowest BCUT2D eigenvalue weighted by Gasteiger charge is -2.18. The molecule has 4 heteroatoms. The third kappa shape index (κ3) is 3.58. The fraction of sp³-hybridized carbons (Fsp3) is 0.286. The maximum atomic E-state index is 6.17. The maximum Gasteiger partial charge on any atom is 0.0551 e. The molecule has 2 rings (SSSR count). The molecule has 0 fully saturated rings. The minimum Gasteiger partial charge on any atom is -0.310 e. The van der Waals surface area contributed by atoms with Crippen molar-refractivity contribution in [2.45, 2.75) is 19.4 Å². The van der Waals surface area contributed by atoms with E-state index in [1.165, 1.54) is 10.4 Å². The molecule has 1 heterocycles. The number of likely N-dealkylation sites (N-methyl/N-ethyl adjacent to an activating group) is 1. The van der Waals surface area contributed by atoms with Crippen LogP contribution >= 0.6 is 38.9 Å². The number of nitrogens with one attached hydrogen (secondary N) is 1. The van der Waals surface area contributed by atoms with Crippen molar-refractivity contribution in [1.82, 2.24) is 5.32 Å². The van der Waals surface area contributed by atoms with Gasteiger partial charge in [-0.25, -0.2) is 0 Å². The molecule has 0 bridgehead atoms. The Labute approximate surface area is 125 Å². The largest absolute Gasteiger partial charge is 0.310 e. The topological polar surface area (TPSA) is 12.0 Å². The molecule has 0 spiro atoms.